The highest BCUT2D eigenvalue weighted by Gasteiger charge is 2.27. The molecule has 2 atom stereocenters. The van der Waals surface area contributed by atoms with Crippen LogP contribution in [0, 0.1) is 6.92 Å². The van der Waals surface area contributed by atoms with E-state index >= 15 is 0 Å². The Hall–Kier alpha value is -1.79. The monoisotopic (exact) mass is 301 g/mol. The van der Waals surface area contributed by atoms with Gasteiger partial charge in [-0.15, -0.1) is 0 Å². The van der Waals surface area contributed by atoms with Crippen LogP contribution in [0.5, 0.6) is 0 Å². The van der Waals surface area contributed by atoms with Crippen LogP contribution >= 0.6 is 0 Å². The van der Waals surface area contributed by atoms with Crippen LogP contribution in [-0.4, -0.2) is 51.1 Å². The molecule has 0 radical (unpaired) electrons. The summed E-state index contributed by atoms with van der Waals surface area (Å²) in [6, 6.07) is 4.73. The molecule has 0 aliphatic carbocycles. The predicted molar refractivity (Wildman–Crippen MR) is 83.2 cm³/mol. The van der Waals surface area contributed by atoms with Crippen molar-refractivity contribution in [3.63, 3.8) is 0 Å². The zero-order chi connectivity index (χ0) is 15.5. The third kappa shape index (κ3) is 3.18. The summed E-state index contributed by atoms with van der Waals surface area (Å²) in [4.78, 5) is 13.5. The van der Waals surface area contributed by atoms with Gasteiger partial charge in [0.1, 0.15) is 0 Å². The first kappa shape index (κ1) is 15.1. The maximum Gasteiger partial charge on any atom is 0.243 e. The quantitative estimate of drug-likeness (QED) is 0.863. The van der Waals surface area contributed by atoms with Crippen LogP contribution in [0.4, 0.5) is 0 Å². The molecular formula is C16H23N5O. The third-order valence-electron chi connectivity index (χ3n) is 4.51. The van der Waals surface area contributed by atoms with E-state index < -0.39 is 0 Å². The van der Waals surface area contributed by atoms with Gasteiger partial charge in [0.05, 0.1) is 6.04 Å². The van der Waals surface area contributed by atoms with Crippen LogP contribution in [0.25, 0.3) is 0 Å². The minimum absolute atomic E-state index is 0.178. The number of pyridine rings is 1. The molecular weight excluding hydrogens is 278 g/mol. The fourth-order valence-electron chi connectivity index (χ4n) is 2.98. The van der Waals surface area contributed by atoms with E-state index in [1.165, 1.54) is 5.56 Å². The van der Waals surface area contributed by atoms with E-state index in [0.29, 0.717) is 17.8 Å². The molecule has 2 aromatic rings. The van der Waals surface area contributed by atoms with Gasteiger partial charge in [-0.25, -0.2) is 0 Å². The molecule has 0 amide bonds. The zero-order valence-electron chi connectivity index (χ0n) is 13.4. The minimum atomic E-state index is 0.178. The Bertz CT molecular complexity index is 592. The second-order valence-corrected chi connectivity index (χ2v) is 5.89. The molecule has 6 heteroatoms. The van der Waals surface area contributed by atoms with E-state index in [-0.39, 0.29) is 6.04 Å². The Balaban J connectivity index is 1.58. The van der Waals surface area contributed by atoms with Gasteiger partial charge < -0.3 is 4.52 Å². The number of piperazine rings is 1. The number of hydrogen-bond acceptors (Lipinski definition) is 6. The van der Waals surface area contributed by atoms with Gasteiger partial charge in [0.2, 0.25) is 5.89 Å². The van der Waals surface area contributed by atoms with Crippen molar-refractivity contribution >= 4 is 0 Å². The Labute approximate surface area is 131 Å². The second-order valence-electron chi connectivity index (χ2n) is 5.89. The maximum absolute atomic E-state index is 5.30. The van der Waals surface area contributed by atoms with Crippen LogP contribution in [-0.2, 0) is 0 Å². The van der Waals surface area contributed by atoms with Crippen molar-refractivity contribution in [3.8, 4) is 0 Å². The molecule has 1 saturated heterocycles. The summed E-state index contributed by atoms with van der Waals surface area (Å²) in [5.41, 5.74) is 1.27. The summed E-state index contributed by atoms with van der Waals surface area (Å²) in [6.07, 6.45) is 3.78. The van der Waals surface area contributed by atoms with E-state index in [9.17, 15) is 0 Å². The average molecular weight is 301 g/mol. The smallest absolute Gasteiger partial charge is 0.243 e. The lowest BCUT2D eigenvalue weighted by atomic mass is 10.1. The summed E-state index contributed by atoms with van der Waals surface area (Å²) < 4.78 is 5.30. The van der Waals surface area contributed by atoms with Crippen molar-refractivity contribution in [1.82, 2.24) is 24.9 Å². The number of nitrogens with zero attached hydrogens (tertiary/aromatic N) is 5. The fraction of sp³-hybridized carbons (Fsp3) is 0.562. The molecule has 0 unspecified atom stereocenters. The summed E-state index contributed by atoms with van der Waals surface area (Å²) >= 11 is 0. The third-order valence-corrected chi connectivity index (χ3v) is 4.51. The van der Waals surface area contributed by atoms with Crippen molar-refractivity contribution < 1.29 is 4.52 Å². The van der Waals surface area contributed by atoms with Gasteiger partial charge in [0.25, 0.3) is 0 Å². The predicted octanol–water partition coefficient (Wildman–Crippen LogP) is 2.21. The minimum Gasteiger partial charge on any atom is -0.338 e. The number of hydrogen-bond donors (Lipinski definition) is 0. The van der Waals surface area contributed by atoms with Crippen LogP contribution in [0.15, 0.2) is 29.0 Å². The van der Waals surface area contributed by atoms with Gasteiger partial charge in [-0.1, -0.05) is 11.2 Å². The van der Waals surface area contributed by atoms with Crippen molar-refractivity contribution in [2.24, 2.45) is 0 Å². The van der Waals surface area contributed by atoms with Crippen molar-refractivity contribution in [2.75, 3.05) is 26.2 Å². The summed E-state index contributed by atoms with van der Waals surface area (Å²) in [5, 5.41) is 3.89. The van der Waals surface area contributed by atoms with Crippen LogP contribution in [0.3, 0.4) is 0 Å². The lowest BCUT2D eigenvalue weighted by Gasteiger charge is -2.39. The molecule has 22 heavy (non-hydrogen) atoms. The highest BCUT2D eigenvalue weighted by Crippen LogP contribution is 2.24. The first-order valence-electron chi connectivity index (χ1n) is 7.83. The van der Waals surface area contributed by atoms with Crippen LogP contribution < -0.4 is 0 Å². The molecule has 2 aromatic heterocycles. The summed E-state index contributed by atoms with van der Waals surface area (Å²) in [6.45, 7) is 10.3. The Kier molecular flexibility index (Phi) is 4.49. The molecule has 1 fully saturated rings. The van der Waals surface area contributed by atoms with Crippen LogP contribution in [0.2, 0.25) is 0 Å². The maximum atomic E-state index is 5.30. The average Bonchev–Trinajstić information content (AvgIpc) is 3.01. The molecule has 6 nitrogen and oxygen atoms in total. The highest BCUT2D eigenvalue weighted by molar-refractivity contribution is 5.13. The van der Waals surface area contributed by atoms with Gasteiger partial charge in [-0.3, -0.25) is 14.8 Å². The molecule has 0 N–H and O–H groups in total. The van der Waals surface area contributed by atoms with E-state index in [1.54, 1.807) is 0 Å². The first-order valence-corrected chi connectivity index (χ1v) is 7.83. The van der Waals surface area contributed by atoms with Crippen molar-refractivity contribution in [3.05, 3.63) is 41.8 Å². The van der Waals surface area contributed by atoms with Crippen LogP contribution in [0.1, 0.15) is 43.2 Å². The Morgan fingerprint density at radius 1 is 1.09 bits per heavy atom. The molecule has 118 valence electrons. The number of aromatic nitrogens is 3. The molecule has 0 bridgehead atoms. The molecule has 0 aromatic carbocycles. The lowest BCUT2D eigenvalue weighted by Crippen LogP contribution is -2.47. The van der Waals surface area contributed by atoms with Gasteiger partial charge in [0, 0.05) is 44.6 Å². The Morgan fingerprint density at radius 2 is 1.77 bits per heavy atom. The van der Waals surface area contributed by atoms with Gasteiger partial charge in [-0.05, 0) is 32.4 Å². The zero-order valence-corrected chi connectivity index (χ0v) is 13.4. The summed E-state index contributed by atoms with van der Waals surface area (Å²) in [7, 11) is 0. The summed E-state index contributed by atoms with van der Waals surface area (Å²) in [5.74, 6) is 1.41. The molecule has 1 aliphatic heterocycles. The van der Waals surface area contributed by atoms with Gasteiger partial charge in [-0.2, -0.15) is 4.98 Å². The highest BCUT2D eigenvalue weighted by atomic mass is 16.5. The molecule has 1 aliphatic rings. The number of aryl methyl sites for hydroxylation is 1. The topological polar surface area (TPSA) is 58.3 Å². The van der Waals surface area contributed by atoms with Crippen molar-refractivity contribution in [1.29, 1.82) is 0 Å². The normalized spacial score (nSPS) is 20.0. The lowest BCUT2D eigenvalue weighted by molar-refractivity contribution is 0.0677. The number of rotatable bonds is 4. The largest absolute Gasteiger partial charge is 0.338 e. The van der Waals surface area contributed by atoms with Gasteiger partial charge >= 0.3 is 0 Å². The van der Waals surface area contributed by atoms with E-state index in [2.05, 4.69) is 44.8 Å². The fourth-order valence-corrected chi connectivity index (χ4v) is 2.98. The van der Waals surface area contributed by atoms with E-state index in [0.717, 1.165) is 26.2 Å². The first-order chi connectivity index (χ1) is 10.6. The second kappa shape index (κ2) is 6.54. The van der Waals surface area contributed by atoms with Crippen molar-refractivity contribution in [2.45, 2.75) is 32.9 Å². The van der Waals surface area contributed by atoms with E-state index in [4.69, 9.17) is 4.52 Å². The van der Waals surface area contributed by atoms with E-state index in [1.807, 2.05) is 25.4 Å². The standard InChI is InChI=1S/C16H23N5O/c1-12(15-5-4-6-17-11-15)20-7-9-21(10-8-20)13(2)16-18-14(3)19-22-16/h4-6,11-13H,7-10H2,1-3H3/t12-,13+/m1/s1. The Morgan fingerprint density at radius 3 is 2.32 bits per heavy atom. The van der Waals surface area contributed by atoms with Gasteiger partial charge in [0.15, 0.2) is 5.82 Å². The molecule has 0 saturated carbocycles. The molecule has 3 rings (SSSR count). The molecule has 0 spiro atoms. The SMILES string of the molecule is Cc1noc([C@H](C)N2CCN([C@H](C)c3cccnc3)CC2)n1. The molecule has 3 heterocycles.